The molecular formula is C63H68N12O12S6. The van der Waals surface area contributed by atoms with Crippen LogP contribution < -0.4 is 26.2 Å². The molecule has 1 fully saturated rings. The largest absolute Gasteiger partial charge is 0.481 e. The molecule has 0 saturated heterocycles. The van der Waals surface area contributed by atoms with E-state index in [2.05, 4.69) is 21.3 Å². The molecule has 1 aliphatic heterocycles. The van der Waals surface area contributed by atoms with Crippen LogP contribution in [0.15, 0.2) is 64.0 Å². The Morgan fingerprint density at radius 1 is 0.710 bits per heavy atom. The third-order valence-corrected chi connectivity index (χ3v) is 21.8. The van der Waals surface area contributed by atoms with Gasteiger partial charge in [-0.1, -0.05) is 57.5 Å². The van der Waals surface area contributed by atoms with Crippen LogP contribution in [0.2, 0.25) is 0 Å². The number of carbonyl (C=O) groups excluding carboxylic acids is 6. The van der Waals surface area contributed by atoms with Crippen molar-refractivity contribution in [2.24, 2.45) is 11.8 Å². The monoisotopic (exact) mass is 1380 g/mol. The third kappa shape index (κ3) is 16.4. The molecule has 5 amide bonds. The van der Waals surface area contributed by atoms with Gasteiger partial charge in [0.15, 0.2) is 5.78 Å². The number of thiazole rings is 6. The highest BCUT2D eigenvalue weighted by Gasteiger charge is 2.35. The van der Waals surface area contributed by atoms with E-state index in [4.69, 9.17) is 44.4 Å². The fourth-order valence-corrected chi connectivity index (χ4v) is 16.5. The zero-order chi connectivity index (χ0) is 66.0. The standard InChI is InChI=1S/C63H68N12O12S6/c1-31(2)38-23-44(76)51-33(4)92-60(73-51)40(24-47(77)64-5)67-54(81)42-28-88-56(69-42)37-20-21-39(58-71-46(30-91-58)75(22-12-8-11-15-49(79)80)63(85)87-36-18-16-35(17-19-36)62(83)84)66-52(37)41-27-89-59(68-41)43-29-90-61(70-43)50(32(3)34-13-9-7-10-14-34)72-48(78)25-65-55(82)53-45(26-86-6)93-57(38)74-53/h7,9-10,13-14,20-21,27-32,35-36,38,40,50H,8,11-12,15-19,22-26H2,1-6H3,(H,64,77)(H,65,82)(H,67,81)(H,72,78)(H,79,80)(H,83,84)/t32-,35?,36?,38?,40-,50-/m0/s1. The maximum absolute atomic E-state index is 14.5. The number of fused-ring (bicyclic) bond motifs is 14. The van der Waals surface area contributed by atoms with Crippen molar-refractivity contribution in [3.05, 3.63) is 111 Å². The summed E-state index contributed by atoms with van der Waals surface area (Å²) in [4.78, 5) is 145. The first-order valence-electron chi connectivity index (χ1n) is 30.2. The maximum Gasteiger partial charge on any atom is 0.415 e. The molecule has 6 N–H and O–H groups in total. The van der Waals surface area contributed by atoms with Gasteiger partial charge in [0.1, 0.15) is 71.1 Å². The first kappa shape index (κ1) is 67.8. The van der Waals surface area contributed by atoms with Gasteiger partial charge in [-0.05, 0) is 69.1 Å². The van der Waals surface area contributed by atoms with E-state index in [-0.39, 0.29) is 72.9 Å². The van der Waals surface area contributed by atoms with Crippen LogP contribution in [0.5, 0.6) is 0 Å². The van der Waals surface area contributed by atoms with Crippen molar-refractivity contribution in [2.75, 3.05) is 32.1 Å². The normalized spacial score (nSPS) is 18.4. The Bertz CT molecular complexity index is 4040. The number of carboxylic acid groups (broad SMARTS) is 2. The molecule has 30 heteroatoms. The molecule has 4 atom stereocenters. The number of rotatable bonds is 17. The Labute approximate surface area is 559 Å². The predicted molar refractivity (Wildman–Crippen MR) is 355 cm³/mol. The van der Waals surface area contributed by atoms with Gasteiger partial charge in [-0.15, -0.1) is 68.0 Å². The number of hydrogen-bond donors (Lipinski definition) is 6. The predicted octanol–water partition coefficient (Wildman–Crippen LogP) is 11.5. The number of ketones is 1. The summed E-state index contributed by atoms with van der Waals surface area (Å²) in [6.07, 6.45) is 1.46. The summed E-state index contributed by atoms with van der Waals surface area (Å²) >= 11 is 7.48. The minimum absolute atomic E-state index is 0.0239. The summed E-state index contributed by atoms with van der Waals surface area (Å²) in [6, 6.07) is 11.6. The number of pyridine rings is 1. The number of Topliss-reactive ketones (excluding diaryl/α,β-unsaturated/α-hetero) is 1. The van der Waals surface area contributed by atoms with Crippen molar-refractivity contribution in [3.63, 3.8) is 0 Å². The number of amides is 5. The van der Waals surface area contributed by atoms with E-state index >= 15 is 0 Å². The van der Waals surface area contributed by atoms with E-state index in [0.29, 0.717) is 113 Å². The molecule has 1 aromatic carbocycles. The van der Waals surface area contributed by atoms with Crippen molar-refractivity contribution < 1.29 is 58.0 Å². The van der Waals surface area contributed by atoms with E-state index in [1.54, 1.807) is 29.8 Å². The van der Waals surface area contributed by atoms with Gasteiger partial charge in [0.2, 0.25) is 11.8 Å². The lowest BCUT2D eigenvalue weighted by Gasteiger charge is -2.28. The van der Waals surface area contributed by atoms with Gasteiger partial charge in [-0.3, -0.25) is 38.5 Å². The second-order valence-electron chi connectivity index (χ2n) is 22.8. The number of ether oxygens (including phenoxy) is 2. The zero-order valence-corrected chi connectivity index (χ0v) is 56.5. The number of aliphatic carboxylic acids is 2. The van der Waals surface area contributed by atoms with E-state index in [1.807, 2.05) is 61.9 Å². The Balaban J connectivity index is 1.03. The topological polar surface area (TPSA) is 337 Å². The minimum Gasteiger partial charge on any atom is -0.481 e. The Hall–Kier alpha value is -8.13. The Morgan fingerprint density at radius 3 is 2.15 bits per heavy atom. The van der Waals surface area contributed by atoms with Crippen LogP contribution in [-0.4, -0.2) is 126 Å². The van der Waals surface area contributed by atoms with Crippen LogP contribution in [0.25, 0.3) is 43.4 Å². The summed E-state index contributed by atoms with van der Waals surface area (Å²) in [5, 5.41) is 40.1. The number of methoxy groups -OCH3 is 1. The van der Waals surface area contributed by atoms with Gasteiger partial charge < -0.3 is 41.0 Å². The van der Waals surface area contributed by atoms with Crippen molar-refractivity contribution in [1.82, 2.24) is 56.2 Å². The molecule has 2 aliphatic rings. The molecule has 24 nitrogen and oxygen atoms in total. The SMILES string of the molecule is CNC(=O)C[C@@H]1NC(=O)c2csc(n2)-c2ccc(-c3nc(N(CCCCCC(=O)O)C(=O)OC4CCC(C(=O)O)CC4)cs3)nc2-c2csc(n2)-c2csc(n2)[C@H]([C@@H](C)c2ccccc2)NC(=O)CNC(=O)c2nc(sc2COC)C(C(C)C)CC(=O)c2nc1sc2C. The number of unbranched alkanes of at least 4 members (excludes halogenated alkanes) is 2. The van der Waals surface area contributed by atoms with E-state index in [1.165, 1.54) is 87.1 Å². The van der Waals surface area contributed by atoms with Crippen molar-refractivity contribution >= 4 is 121 Å². The highest BCUT2D eigenvalue weighted by Crippen LogP contribution is 2.42. The Kier molecular flexibility index (Phi) is 22.4. The second-order valence-corrected chi connectivity index (χ2v) is 28.6. The van der Waals surface area contributed by atoms with Gasteiger partial charge in [0, 0.05) is 77.3 Å². The van der Waals surface area contributed by atoms with Gasteiger partial charge in [-0.25, -0.2) is 39.7 Å². The molecule has 7 aromatic heterocycles. The quantitative estimate of drug-likeness (QED) is 0.0461. The van der Waals surface area contributed by atoms with Crippen molar-refractivity contribution in [1.29, 1.82) is 0 Å². The molecule has 488 valence electrons. The van der Waals surface area contributed by atoms with Crippen LogP contribution in [0, 0.1) is 18.8 Å². The number of aromatic nitrogens is 7. The second kappa shape index (κ2) is 30.7. The molecule has 10 rings (SSSR count). The number of aryl methyl sites for hydroxylation is 1. The average molecular weight is 1380 g/mol. The molecule has 0 radical (unpaired) electrons. The molecule has 93 heavy (non-hydrogen) atoms. The number of nitrogens with one attached hydrogen (secondary N) is 4. The summed E-state index contributed by atoms with van der Waals surface area (Å²) in [5.41, 5.74) is 3.40. The fourth-order valence-electron chi connectivity index (χ4n) is 10.8. The number of hydrogen-bond acceptors (Lipinski definition) is 23. The summed E-state index contributed by atoms with van der Waals surface area (Å²) in [6.45, 7) is 7.46. The van der Waals surface area contributed by atoms with Gasteiger partial charge in [0.05, 0.1) is 53.2 Å². The highest BCUT2D eigenvalue weighted by molar-refractivity contribution is 7.15. The van der Waals surface area contributed by atoms with Gasteiger partial charge in [0.25, 0.3) is 11.8 Å². The number of benzene rings is 1. The van der Waals surface area contributed by atoms with Crippen LogP contribution in [0.4, 0.5) is 10.6 Å². The lowest BCUT2D eigenvalue weighted by atomic mass is 9.87. The third-order valence-electron chi connectivity index (χ3n) is 16.0. The minimum atomic E-state index is -0.978. The first-order valence-corrected chi connectivity index (χ1v) is 35.3. The lowest BCUT2D eigenvalue weighted by Crippen LogP contribution is -2.40. The van der Waals surface area contributed by atoms with Crippen LogP contribution in [-0.2, 0) is 35.3 Å². The van der Waals surface area contributed by atoms with Gasteiger partial charge >= 0.3 is 18.0 Å². The number of anilines is 1. The molecule has 1 saturated carbocycles. The van der Waals surface area contributed by atoms with Crippen LogP contribution >= 0.6 is 68.0 Å². The Morgan fingerprint density at radius 2 is 1.42 bits per heavy atom. The summed E-state index contributed by atoms with van der Waals surface area (Å²) < 4.78 is 11.5. The lowest BCUT2D eigenvalue weighted by molar-refractivity contribution is -0.143. The molecular weight excluding hydrogens is 1310 g/mol. The van der Waals surface area contributed by atoms with Crippen molar-refractivity contribution in [3.8, 4) is 43.4 Å². The highest BCUT2D eigenvalue weighted by atomic mass is 32.1. The summed E-state index contributed by atoms with van der Waals surface area (Å²) in [5.74, 6) is -5.32. The fraction of sp³-hybridized carbons (Fsp3) is 0.413. The average Bonchev–Trinajstić information content (AvgIpc) is 1.75. The molecule has 8 aromatic rings. The molecule has 8 heterocycles. The molecule has 0 spiro atoms. The number of carboxylic acids is 2. The zero-order valence-electron chi connectivity index (χ0n) is 51.6. The molecule has 1 unspecified atom stereocenters. The maximum atomic E-state index is 14.5. The molecule has 10 bridgehead atoms. The summed E-state index contributed by atoms with van der Waals surface area (Å²) in [7, 11) is 2.98. The molecule has 1 aliphatic carbocycles. The smallest absolute Gasteiger partial charge is 0.415 e. The van der Waals surface area contributed by atoms with Crippen LogP contribution in [0.3, 0.4) is 0 Å². The van der Waals surface area contributed by atoms with Crippen LogP contribution in [0.1, 0.15) is 171 Å². The van der Waals surface area contributed by atoms with Crippen molar-refractivity contribution in [2.45, 2.75) is 129 Å². The number of carbonyl (C=O) groups is 8. The van der Waals surface area contributed by atoms with Gasteiger partial charge in [-0.2, -0.15) is 0 Å². The van der Waals surface area contributed by atoms with E-state index < -0.39 is 78.2 Å². The first-order chi connectivity index (χ1) is 44.7. The van der Waals surface area contributed by atoms with E-state index in [9.17, 15) is 48.6 Å². The van der Waals surface area contributed by atoms with E-state index in [0.717, 1.165) is 5.56 Å². The number of nitrogens with zero attached hydrogens (tertiary/aromatic N) is 8.